The summed E-state index contributed by atoms with van der Waals surface area (Å²) in [4.78, 5) is 35.8. The van der Waals surface area contributed by atoms with Gasteiger partial charge in [0.25, 0.3) is 0 Å². The molecular formula is C20H22N2O4. The number of esters is 1. The molecule has 0 aliphatic rings. The van der Waals surface area contributed by atoms with Crippen molar-refractivity contribution in [2.45, 2.75) is 26.3 Å². The van der Waals surface area contributed by atoms with Gasteiger partial charge in [-0.2, -0.15) is 0 Å². The van der Waals surface area contributed by atoms with Crippen molar-refractivity contribution < 1.29 is 19.1 Å². The summed E-state index contributed by atoms with van der Waals surface area (Å²) in [7, 11) is 1.28. The van der Waals surface area contributed by atoms with Crippen molar-refractivity contribution >= 4 is 23.5 Å². The molecule has 26 heavy (non-hydrogen) atoms. The van der Waals surface area contributed by atoms with Gasteiger partial charge in [0.05, 0.1) is 30.8 Å². The standard InChI is InChI=1S/C20H22N2O4/c1-13-8-10-15(11-9-13)18(21-14(2)23)12-19(24)22-17-7-5-4-6-16(17)20(25)26-3/h4-11,18H,12H2,1-3H3,(H,21,23)(H,22,24). The SMILES string of the molecule is COC(=O)c1ccccc1NC(=O)CC(NC(C)=O)c1ccc(C)cc1. The molecule has 0 spiro atoms. The summed E-state index contributed by atoms with van der Waals surface area (Å²) in [5.74, 6) is -1.07. The Morgan fingerprint density at radius 3 is 2.31 bits per heavy atom. The van der Waals surface area contributed by atoms with Gasteiger partial charge < -0.3 is 15.4 Å². The zero-order chi connectivity index (χ0) is 19.1. The van der Waals surface area contributed by atoms with E-state index in [1.807, 2.05) is 31.2 Å². The fourth-order valence-corrected chi connectivity index (χ4v) is 2.56. The number of benzene rings is 2. The molecule has 0 radical (unpaired) electrons. The highest BCUT2D eigenvalue weighted by atomic mass is 16.5. The predicted molar refractivity (Wildman–Crippen MR) is 98.8 cm³/mol. The fourth-order valence-electron chi connectivity index (χ4n) is 2.56. The van der Waals surface area contributed by atoms with Gasteiger partial charge in [-0.3, -0.25) is 9.59 Å². The second-order valence-corrected chi connectivity index (χ2v) is 5.95. The number of carbonyl (C=O) groups is 3. The molecule has 0 bridgehead atoms. The van der Waals surface area contributed by atoms with Crippen molar-refractivity contribution in [2.75, 3.05) is 12.4 Å². The monoisotopic (exact) mass is 354 g/mol. The summed E-state index contributed by atoms with van der Waals surface area (Å²) in [5.41, 5.74) is 2.57. The third-order valence-corrected chi connectivity index (χ3v) is 3.85. The third-order valence-electron chi connectivity index (χ3n) is 3.85. The number of rotatable bonds is 6. The summed E-state index contributed by atoms with van der Waals surface area (Å²) in [6.45, 7) is 3.37. The van der Waals surface area contributed by atoms with Crippen molar-refractivity contribution in [2.24, 2.45) is 0 Å². The third kappa shape index (κ3) is 5.17. The van der Waals surface area contributed by atoms with E-state index in [1.54, 1.807) is 24.3 Å². The summed E-state index contributed by atoms with van der Waals surface area (Å²) in [6.07, 6.45) is 0.0398. The van der Waals surface area contributed by atoms with Crippen LogP contribution >= 0.6 is 0 Å². The van der Waals surface area contributed by atoms with Crippen molar-refractivity contribution in [3.05, 3.63) is 65.2 Å². The number of aryl methyl sites for hydroxylation is 1. The van der Waals surface area contributed by atoms with Crippen molar-refractivity contribution in [1.82, 2.24) is 5.32 Å². The lowest BCUT2D eigenvalue weighted by Crippen LogP contribution is -2.30. The Hall–Kier alpha value is -3.15. The summed E-state index contributed by atoms with van der Waals surface area (Å²) in [6, 6.07) is 13.8. The van der Waals surface area contributed by atoms with Gasteiger partial charge in [-0.05, 0) is 24.6 Å². The van der Waals surface area contributed by atoms with E-state index in [9.17, 15) is 14.4 Å². The number of amides is 2. The lowest BCUT2D eigenvalue weighted by Gasteiger charge is -2.19. The molecule has 2 N–H and O–H groups in total. The number of hydrogen-bond donors (Lipinski definition) is 2. The molecule has 2 aromatic carbocycles. The normalized spacial score (nSPS) is 11.3. The molecule has 6 nitrogen and oxygen atoms in total. The minimum absolute atomic E-state index is 0.0398. The van der Waals surface area contributed by atoms with Crippen molar-refractivity contribution in [3.63, 3.8) is 0 Å². The van der Waals surface area contributed by atoms with E-state index in [0.29, 0.717) is 5.69 Å². The van der Waals surface area contributed by atoms with Crippen LogP contribution in [0.15, 0.2) is 48.5 Å². The van der Waals surface area contributed by atoms with E-state index in [-0.39, 0.29) is 23.8 Å². The Bertz CT molecular complexity index is 800. The average Bonchev–Trinajstić information content (AvgIpc) is 2.61. The number of carbonyl (C=O) groups excluding carboxylic acids is 3. The zero-order valence-electron chi connectivity index (χ0n) is 15.0. The van der Waals surface area contributed by atoms with E-state index < -0.39 is 12.0 Å². The maximum Gasteiger partial charge on any atom is 0.339 e. The average molecular weight is 354 g/mol. The van der Waals surface area contributed by atoms with Gasteiger partial charge >= 0.3 is 5.97 Å². The number of nitrogens with one attached hydrogen (secondary N) is 2. The van der Waals surface area contributed by atoms with Crippen LogP contribution in [0.5, 0.6) is 0 Å². The highest BCUT2D eigenvalue weighted by molar-refractivity contribution is 6.01. The first-order valence-electron chi connectivity index (χ1n) is 8.21. The molecule has 0 aliphatic heterocycles. The topological polar surface area (TPSA) is 84.5 Å². The second kappa shape index (κ2) is 8.80. The first kappa shape index (κ1) is 19.2. The number of ether oxygens (including phenoxy) is 1. The molecular weight excluding hydrogens is 332 g/mol. The van der Waals surface area contributed by atoms with Crippen molar-refractivity contribution in [3.8, 4) is 0 Å². The first-order valence-corrected chi connectivity index (χ1v) is 8.21. The van der Waals surface area contributed by atoms with E-state index in [1.165, 1.54) is 14.0 Å². The van der Waals surface area contributed by atoms with E-state index in [2.05, 4.69) is 10.6 Å². The summed E-state index contributed by atoms with van der Waals surface area (Å²) >= 11 is 0. The van der Waals surface area contributed by atoms with Crippen LogP contribution < -0.4 is 10.6 Å². The van der Waals surface area contributed by atoms with Gasteiger partial charge in [-0.15, -0.1) is 0 Å². The van der Waals surface area contributed by atoms with Crippen LogP contribution in [-0.2, 0) is 14.3 Å². The van der Waals surface area contributed by atoms with Crippen LogP contribution in [0.4, 0.5) is 5.69 Å². The molecule has 0 heterocycles. The number of para-hydroxylation sites is 1. The lowest BCUT2D eigenvalue weighted by molar-refractivity contribution is -0.120. The van der Waals surface area contributed by atoms with Crippen LogP contribution in [0, 0.1) is 6.92 Å². The predicted octanol–water partition coefficient (Wildman–Crippen LogP) is 2.99. The molecule has 0 saturated carbocycles. The quantitative estimate of drug-likeness (QED) is 0.781. The molecule has 2 rings (SSSR count). The Labute approximate surface area is 152 Å². The number of hydrogen-bond acceptors (Lipinski definition) is 4. The van der Waals surface area contributed by atoms with Gasteiger partial charge in [-0.25, -0.2) is 4.79 Å². The molecule has 0 saturated heterocycles. The smallest absolute Gasteiger partial charge is 0.339 e. The molecule has 2 amide bonds. The van der Waals surface area contributed by atoms with Gasteiger partial charge in [-0.1, -0.05) is 42.0 Å². The molecule has 136 valence electrons. The highest BCUT2D eigenvalue weighted by Gasteiger charge is 2.19. The Balaban J connectivity index is 2.16. The highest BCUT2D eigenvalue weighted by Crippen LogP contribution is 2.21. The van der Waals surface area contributed by atoms with Gasteiger partial charge in [0.15, 0.2) is 0 Å². The van der Waals surface area contributed by atoms with E-state index in [0.717, 1.165) is 11.1 Å². The van der Waals surface area contributed by atoms with Gasteiger partial charge in [0.1, 0.15) is 0 Å². The van der Waals surface area contributed by atoms with Crippen LogP contribution in [0.3, 0.4) is 0 Å². The van der Waals surface area contributed by atoms with Crippen LogP contribution in [0.25, 0.3) is 0 Å². The van der Waals surface area contributed by atoms with Crippen molar-refractivity contribution in [1.29, 1.82) is 0 Å². The summed E-state index contributed by atoms with van der Waals surface area (Å²) < 4.78 is 4.73. The summed E-state index contributed by atoms with van der Waals surface area (Å²) in [5, 5.41) is 5.51. The van der Waals surface area contributed by atoms with E-state index in [4.69, 9.17) is 4.74 Å². The molecule has 1 unspecified atom stereocenters. The number of anilines is 1. The zero-order valence-corrected chi connectivity index (χ0v) is 15.0. The minimum Gasteiger partial charge on any atom is -0.465 e. The van der Waals surface area contributed by atoms with Gasteiger partial charge in [0.2, 0.25) is 11.8 Å². The van der Waals surface area contributed by atoms with Gasteiger partial charge in [0, 0.05) is 6.92 Å². The lowest BCUT2D eigenvalue weighted by atomic mass is 10.0. The van der Waals surface area contributed by atoms with Crippen LogP contribution in [0.2, 0.25) is 0 Å². The minimum atomic E-state index is -0.530. The Morgan fingerprint density at radius 1 is 1.04 bits per heavy atom. The second-order valence-electron chi connectivity index (χ2n) is 5.95. The molecule has 1 atom stereocenters. The maximum atomic E-state index is 12.5. The molecule has 2 aromatic rings. The Morgan fingerprint density at radius 2 is 1.69 bits per heavy atom. The van der Waals surface area contributed by atoms with Crippen LogP contribution in [-0.4, -0.2) is 24.9 Å². The largest absolute Gasteiger partial charge is 0.465 e. The molecule has 0 aliphatic carbocycles. The molecule has 6 heteroatoms. The first-order chi connectivity index (χ1) is 12.4. The molecule has 0 fully saturated rings. The Kier molecular flexibility index (Phi) is 6.49. The van der Waals surface area contributed by atoms with Crippen LogP contribution in [0.1, 0.15) is 40.9 Å². The fraction of sp³-hybridized carbons (Fsp3) is 0.250. The maximum absolute atomic E-state index is 12.5. The molecule has 0 aromatic heterocycles. The number of methoxy groups -OCH3 is 1. The van der Waals surface area contributed by atoms with E-state index >= 15 is 0 Å².